The molecule has 4 nitrogen and oxygen atoms in total. The lowest BCUT2D eigenvalue weighted by Crippen LogP contribution is -2.03. The van der Waals surface area contributed by atoms with Crippen LogP contribution in [0.15, 0.2) is 29.1 Å². The summed E-state index contributed by atoms with van der Waals surface area (Å²) in [5.74, 6) is 1.58. The van der Waals surface area contributed by atoms with Crippen LogP contribution < -0.4 is 5.32 Å². The Bertz CT molecular complexity index is 451. The van der Waals surface area contributed by atoms with Crippen LogP contribution >= 0.6 is 0 Å². The second-order valence-corrected chi connectivity index (χ2v) is 3.46. The van der Waals surface area contributed by atoms with Gasteiger partial charge in [-0.1, -0.05) is 6.92 Å². The van der Waals surface area contributed by atoms with E-state index in [4.69, 9.17) is 4.42 Å². The molecule has 0 saturated heterocycles. The van der Waals surface area contributed by atoms with Crippen molar-refractivity contribution in [3.63, 3.8) is 0 Å². The van der Waals surface area contributed by atoms with Crippen LogP contribution in [0.25, 0.3) is 11.4 Å². The highest BCUT2D eigenvalue weighted by Gasteiger charge is 2.06. The lowest BCUT2D eigenvalue weighted by Gasteiger charge is -2.06. The van der Waals surface area contributed by atoms with Gasteiger partial charge in [-0.05, 0) is 19.4 Å². The number of nitrogens with zero attached hydrogens (tertiary/aromatic N) is 2. The van der Waals surface area contributed by atoms with Gasteiger partial charge >= 0.3 is 0 Å². The normalized spacial score (nSPS) is 10.4. The lowest BCUT2D eigenvalue weighted by molar-refractivity contribution is 0.568. The Morgan fingerprint density at radius 2 is 2.19 bits per heavy atom. The fraction of sp³-hybridized carbons (Fsp3) is 0.333. The van der Waals surface area contributed by atoms with Gasteiger partial charge in [0.1, 0.15) is 12.1 Å². The zero-order chi connectivity index (χ0) is 11.4. The van der Waals surface area contributed by atoms with E-state index >= 15 is 0 Å². The van der Waals surface area contributed by atoms with E-state index in [0.29, 0.717) is 5.82 Å². The van der Waals surface area contributed by atoms with Crippen molar-refractivity contribution in [1.82, 2.24) is 9.97 Å². The van der Waals surface area contributed by atoms with Gasteiger partial charge in [0.25, 0.3) is 0 Å². The number of anilines is 1. The van der Waals surface area contributed by atoms with E-state index in [-0.39, 0.29) is 0 Å². The monoisotopic (exact) mass is 217 g/mol. The van der Waals surface area contributed by atoms with Crippen LogP contribution in [-0.4, -0.2) is 16.5 Å². The van der Waals surface area contributed by atoms with Crippen LogP contribution in [0.3, 0.4) is 0 Å². The molecule has 2 heterocycles. The molecule has 0 aliphatic carbocycles. The van der Waals surface area contributed by atoms with Crippen molar-refractivity contribution in [2.75, 3.05) is 11.9 Å². The third-order valence-electron chi connectivity index (χ3n) is 2.28. The van der Waals surface area contributed by atoms with Crippen molar-refractivity contribution in [2.45, 2.75) is 20.3 Å². The average Bonchev–Trinajstić information content (AvgIpc) is 2.82. The highest BCUT2D eigenvalue weighted by molar-refractivity contribution is 5.55. The molecular formula is C12H15N3O. The first kappa shape index (κ1) is 10.7. The first-order valence-electron chi connectivity index (χ1n) is 5.48. The molecule has 2 aromatic rings. The molecule has 0 amide bonds. The van der Waals surface area contributed by atoms with Crippen LogP contribution in [0.2, 0.25) is 0 Å². The Morgan fingerprint density at radius 3 is 2.81 bits per heavy atom. The topological polar surface area (TPSA) is 51.0 Å². The Kier molecular flexibility index (Phi) is 3.19. The number of nitrogens with one attached hydrogen (secondary N) is 1. The minimum absolute atomic E-state index is 0.712. The van der Waals surface area contributed by atoms with E-state index in [1.807, 2.05) is 19.1 Å². The second-order valence-electron chi connectivity index (χ2n) is 3.46. The SMILES string of the molecule is CCNc1cc(CC)nc(-c2ccoc2)n1. The van der Waals surface area contributed by atoms with Crippen molar-refractivity contribution in [1.29, 1.82) is 0 Å². The van der Waals surface area contributed by atoms with Gasteiger partial charge < -0.3 is 9.73 Å². The minimum Gasteiger partial charge on any atom is -0.472 e. The lowest BCUT2D eigenvalue weighted by atomic mass is 10.2. The van der Waals surface area contributed by atoms with E-state index in [0.717, 1.165) is 30.0 Å². The van der Waals surface area contributed by atoms with E-state index in [9.17, 15) is 0 Å². The molecule has 84 valence electrons. The van der Waals surface area contributed by atoms with E-state index in [1.165, 1.54) is 0 Å². The fourth-order valence-corrected chi connectivity index (χ4v) is 1.47. The van der Waals surface area contributed by atoms with Gasteiger partial charge in [0.2, 0.25) is 0 Å². The summed E-state index contributed by atoms with van der Waals surface area (Å²) in [7, 11) is 0. The molecular weight excluding hydrogens is 202 g/mol. The highest BCUT2D eigenvalue weighted by Crippen LogP contribution is 2.18. The van der Waals surface area contributed by atoms with Crippen LogP contribution in [0.1, 0.15) is 19.5 Å². The molecule has 0 spiro atoms. The standard InChI is InChI=1S/C12H15N3O/c1-3-10-7-11(13-4-2)15-12(14-10)9-5-6-16-8-9/h5-8H,3-4H2,1-2H3,(H,13,14,15). The van der Waals surface area contributed by atoms with Crippen LogP contribution in [0.5, 0.6) is 0 Å². The average molecular weight is 217 g/mol. The van der Waals surface area contributed by atoms with Gasteiger partial charge in [0.05, 0.1) is 11.8 Å². The number of hydrogen-bond acceptors (Lipinski definition) is 4. The fourth-order valence-electron chi connectivity index (χ4n) is 1.47. The largest absolute Gasteiger partial charge is 0.472 e. The summed E-state index contributed by atoms with van der Waals surface area (Å²) in [6.45, 7) is 4.98. The quantitative estimate of drug-likeness (QED) is 0.855. The summed E-state index contributed by atoms with van der Waals surface area (Å²) in [6, 6.07) is 3.84. The molecule has 0 unspecified atom stereocenters. The number of aryl methyl sites for hydroxylation is 1. The van der Waals surface area contributed by atoms with Gasteiger partial charge in [-0.2, -0.15) is 0 Å². The molecule has 2 rings (SSSR count). The Hall–Kier alpha value is -1.84. The molecule has 1 N–H and O–H groups in total. The molecule has 0 saturated carbocycles. The zero-order valence-corrected chi connectivity index (χ0v) is 9.53. The van der Waals surface area contributed by atoms with Crippen molar-refractivity contribution in [3.05, 3.63) is 30.4 Å². The van der Waals surface area contributed by atoms with E-state index in [2.05, 4.69) is 22.2 Å². The summed E-state index contributed by atoms with van der Waals surface area (Å²) < 4.78 is 5.04. The number of aromatic nitrogens is 2. The molecule has 0 fully saturated rings. The molecule has 0 aromatic carbocycles. The Balaban J connectivity index is 2.41. The van der Waals surface area contributed by atoms with Gasteiger partial charge in [0.15, 0.2) is 5.82 Å². The highest BCUT2D eigenvalue weighted by atomic mass is 16.3. The predicted octanol–water partition coefficient (Wildman–Crippen LogP) is 2.73. The summed E-state index contributed by atoms with van der Waals surface area (Å²) in [4.78, 5) is 8.90. The van der Waals surface area contributed by atoms with E-state index < -0.39 is 0 Å². The first-order valence-corrected chi connectivity index (χ1v) is 5.48. The molecule has 16 heavy (non-hydrogen) atoms. The van der Waals surface area contributed by atoms with Gasteiger partial charge in [0, 0.05) is 18.3 Å². The van der Waals surface area contributed by atoms with Crippen molar-refractivity contribution in [3.8, 4) is 11.4 Å². The van der Waals surface area contributed by atoms with Gasteiger partial charge in [-0.25, -0.2) is 9.97 Å². The summed E-state index contributed by atoms with van der Waals surface area (Å²) >= 11 is 0. The maximum Gasteiger partial charge on any atom is 0.164 e. The van der Waals surface area contributed by atoms with Crippen molar-refractivity contribution < 1.29 is 4.42 Å². The molecule has 0 bridgehead atoms. The maximum absolute atomic E-state index is 5.04. The van der Waals surface area contributed by atoms with Gasteiger partial charge in [-0.3, -0.25) is 0 Å². The summed E-state index contributed by atoms with van der Waals surface area (Å²) in [6.07, 6.45) is 4.18. The summed E-state index contributed by atoms with van der Waals surface area (Å²) in [5.41, 5.74) is 1.94. The predicted molar refractivity (Wildman–Crippen MR) is 63.3 cm³/mol. The second kappa shape index (κ2) is 4.79. The van der Waals surface area contributed by atoms with Crippen LogP contribution in [0.4, 0.5) is 5.82 Å². The maximum atomic E-state index is 5.04. The molecule has 0 aliphatic heterocycles. The number of rotatable bonds is 4. The van der Waals surface area contributed by atoms with Crippen LogP contribution in [-0.2, 0) is 6.42 Å². The molecule has 0 radical (unpaired) electrons. The van der Waals surface area contributed by atoms with Crippen molar-refractivity contribution in [2.24, 2.45) is 0 Å². The van der Waals surface area contributed by atoms with Gasteiger partial charge in [-0.15, -0.1) is 0 Å². The summed E-state index contributed by atoms with van der Waals surface area (Å²) in [5, 5.41) is 3.20. The third-order valence-corrected chi connectivity index (χ3v) is 2.28. The number of hydrogen-bond donors (Lipinski definition) is 1. The van der Waals surface area contributed by atoms with E-state index in [1.54, 1.807) is 12.5 Å². The Morgan fingerprint density at radius 1 is 1.31 bits per heavy atom. The smallest absolute Gasteiger partial charge is 0.164 e. The molecule has 4 heteroatoms. The zero-order valence-electron chi connectivity index (χ0n) is 9.53. The minimum atomic E-state index is 0.712. The molecule has 0 atom stereocenters. The number of furan rings is 1. The first-order chi connectivity index (χ1) is 7.83. The Labute approximate surface area is 94.7 Å². The third kappa shape index (κ3) is 2.21. The van der Waals surface area contributed by atoms with Crippen LogP contribution in [0, 0.1) is 0 Å². The molecule has 0 aliphatic rings. The van der Waals surface area contributed by atoms with Crippen molar-refractivity contribution >= 4 is 5.82 Å². The molecule has 2 aromatic heterocycles.